The van der Waals surface area contributed by atoms with Gasteiger partial charge in [-0.25, -0.2) is 8.78 Å². The second-order valence-corrected chi connectivity index (χ2v) is 5.62. The number of nitrogens with one attached hydrogen (secondary N) is 2. The molecule has 146 valence electrons. The fraction of sp³-hybridized carbons (Fsp3) is 0.150. The zero-order chi connectivity index (χ0) is 20.4. The van der Waals surface area contributed by atoms with Gasteiger partial charge in [0, 0.05) is 24.4 Å². The molecule has 2 amide bonds. The topological polar surface area (TPSA) is 84.5 Å². The van der Waals surface area contributed by atoms with E-state index in [1.54, 1.807) is 6.08 Å². The van der Waals surface area contributed by atoms with E-state index in [0.717, 1.165) is 17.7 Å². The Morgan fingerprint density at radius 1 is 1.00 bits per heavy atom. The van der Waals surface area contributed by atoms with Gasteiger partial charge in [0.25, 0.3) is 5.91 Å². The molecule has 2 N–H and O–H groups in total. The molecule has 8 heteroatoms. The molecule has 0 aliphatic carbocycles. The first-order valence-electron chi connectivity index (χ1n) is 8.35. The molecule has 0 aliphatic heterocycles. The van der Waals surface area contributed by atoms with Crippen molar-refractivity contribution in [1.29, 1.82) is 0 Å². The van der Waals surface area contributed by atoms with Crippen molar-refractivity contribution in [2.24, 2.45) is 0 Å². The lowest BCUT2D eigenvalue weighted by atomic mass is 10.2. The molecule has 0 saturated heterocycles. The van der Waals surface area contributed by atoms with Crippen LogP contribution in [0.2, 0.25) is 0 Å². The number of carbonyl (C=O) groups is 3. The molecule has 0 aliphatic rings. The molecule has 0 bridgehead atoms. The third-order valence-electron chi connectivity index (χ3n) is 3.42. The zero-order valence-electron chi connectivity index (χ0n) is 14.8. The predicted molar refractivity (Wildman–Crippen MR) is 99.0 cm³/mol. The van der Waals surface area contributed by atoms with Gasteiger partial charge in [0.1, 0.15) is 0 Å². The Labute approximate surface area is 160 Å². The van der Waals surface area contributed by atoms with E-state index in [4.69, 9.17) is 4.74 Å². The molecule has 0 saturated carbocycles. The van der Waals surface area contributed by atoms with Crippen molar-refractivity contribution in [3.8, 4) is 0 Å². The number of esters is 1. The normalized spacial score (nSPS) is 10.5. The fourth-order valence-corrected chi connectivity index (χ4v) is 2.07. The number of hydrogen-bond donors (Lipinski definition) is 2. The molecule has 0 atom stereocenters. The van der Waals surface area contributed by atoms with Crippen LogP contribution in [0.3, 0.4) is 0 Å². The number of ether oxygens (including phenoxy) is 1. The number of anilines is 1. The van der Waals surface area contributed by atoms with Gasteiger partial charge < -0.3 is 15.4 Å². The minimum absolute atomic E-state index is 0.0393. The second kappa shape index (κ2) is 10.6. The number of rotatable bonds is 8. The van der Waals surface area contributed by atoms with Gasteiger partial charge in [-0.3, -0.25) is 14.4 Å². The summed E-state index contributed by atoms with van der Waals surface area (Å²) in [5.74, 6) is -3.90. The van der Waals surface area contributed by atoms with E-state index in [-0.39, 0.29) is 24.6 Å². The highest BCUT2D eigenvalue weighted by molar-refractivity contribution is 5.93. The molecule has 6 nitrogen and oxygen atoms in total. The summed E-state index contributed by atoms with van der Waals surface area (Å²) in [7, 11) is 0. The lowest BCUT2D eigenvalue weighted by Gasteiger charge is -2.07. The predicted octanol–water partition coefficient (Wildman–Crippen LogP) is 2.67. The van der Waals surface area contributed by atoms with Crippen LogP contribution in [0.5, 0.6) is 0 Å². The maximum Gasteiger partial charge on any atom is 0.308 e. The van der Waals surface area contributed by atoms with Crippen LogP contribution in [-0.2, 0) is 19.1 Å². The Balaban J connectivity index is 1.64. The number of hydrogen-bond acceptors (Lipinski definition) is 4. The van der Waals surface area contributed by atoms with Gasteiger partial charge in [-0.05, 0) is 23.8 Å². The average molecular weight is 388 g/mol. The molecule has 2 aromatic rings. The molecule has 0 aromatic heterocycles. The monoisotopic (exact) mass is 388 g/mol. The quantitative estimate of drug-likeness (QED) is 0.538. The van der Waals surface area contributed by atoms with Crippen LogP contribution in [0, 0.1) is 11.6 Å². The van der Waals surface area contributed by atoms with Gasteiger partial charge in [0.05, 0.1) is 6.42 Å². The second-order valence-electron chi connectivity index (χ2n) is 5.62. The van der Waals surface area contributed by atoms with Gasteiger partial charge in [-0.1, -0.05) is 30.3 Å². The maximum atomic E-state index is 13.0. The van der Waals surface area contributed by atoms with Crippen LogP contribution < -0.4 is 10.6 Å². The Hall–Kier alpha value is -3.55. The smallest absolute Gasteiger partial charge is 0.308 e. The Bertz CT molecular complexity index is 870. The summed E-state index contributed by atoms with van der Waals surface area (Å²) in [6, 6.07) is 12.1. The van der Waals surface area contributed by atoms with Crippen molar-refractivity contribution in [2.75, 3.05) is 18.5 Å². The largest absolute Gasteiger partial charge is 0.456 e. The Morgan fingerprint density at radius 2 is 1.75 bits per heavy atom. The molecular weight excluding hydrogens is 370 g/mol. The summed E-state index contributed by atoms with van der Waals surface area (Å²) in [5, 5.41) is 4.79. The van der Waals surface area contributed by atoms with Crippen molar-refractivity contribution >= 4 is 29.5 Å². The molecule has 28 heavy (non-hydrogen) atoms. The van der Waals surface area contributed by atoms with Crippen molar-refractivity contribution in [3.05, 3.63) is 71.8 Å². The molecule has 0 spiro atoms. The van der Waals surface area contributed by atoms with Crippen LogP contribution in [0.1, 0.15) is 12.0 Å². The maximum absolute atomic E-state index is 13.0. The van der Waals surface area contributed by atoms with E-state index < -0.39 is 30.1 Å². The van der Waals surface area contributed by atoms with Gasteiger partial charge >= 0.3 is 5.97 Å². The average Bonchev–Trinajstić information content (AvgIpc) is 2.68. The van der Waals surface area contributed by atoms with Crippen LogP contribution in [0.4, 0.5) is 14.5 Å². The van der Waals surface area contributed by atoms with Crippen molar-refractivity contribution < 1.29 is 27.9 Å². The van der Waals surface area contributed by atoms with Crippen LogP contribution in [-0.4, -0.2) is 30.9 Å². The summed E-state index contributed by atoms with van der Waals surface area (Å²) in [6.45, 7) is -0.540. The standard InChI is InChI=1S/C20H18F2N2O4/c21-16-8-7-15(12-17(16)22)24-19(26)13-28-20(27)10-11-23-18(25)9-6-14-4-2-1-3-5-14/h1-9,12H,10-11,13H2,(H,23,25)(H,24,26)/b9-6+. The third kappa shape index (κ3) is 7.36. The van der Waals surface area contributed by atoms with Crippen molar-refractivity contribution in [2.45, 2.75) is 6.42 Å². The molecule has 0 fully saturated rings. The summed E-state index contributed by atoms with van der Waals surface area (Å²) in [6.07, 6.45) is 2.86. The molecule has 0 unspecified atom stereocenters. The van der Waals surface area contributed by atoms with Crippen molar-refractivity contribution in [3.63, 3.8) is 0 Å². The molecule has 2 rings (SSSR count). The molecule has 0 heterocycles. The zero-order valence-corrected chi connectivity index (χ0v) is 14.8. The highest BCUT2D eigenvalue weighted by atomic mass is 19.2. The minimum atomic E-state index is -1.10. The van der Waals surface area contributed by atoms with E-state index in [2.05, 4.69) is 10.6 Å². The highest BCUT2D eigenvalue weighted by Crippen LogP contribution is 2.12. The first kappa shape index (κ1) is 20.8. The fourth-order valence-electron chi connectivity index (χ4n) is 2.07. The van der Waals surface area contributed by atoms with Crippen molar-refractivity contribution in [1.82, 2.24) is 5.32 Å². The minimum Gasteiger partial charge on any atom is -0.456 e. The number of carbonyl (C=O) groups excluding carboxylic acids is 3. The Morgan fingerprint density at radius 3 is 2.46 bits per heavy atom. The lowest BCUT2D eigenvalue weighted by Crippen LogP contribution is -2.26. The van der Waals surface area contributed by atoms with E-state index in [1.807, 2.05) is 30.3 Å². The van der Waals surface area contributed by atoms with E-state index in [0.29, 0.717) is 0 Å². The van der Waals surface area contributed by atoms with Gasteiger partial charge in [-0.2, -0.15) is 0 Å². The van der Waals surface area contributed by atoms with Gasteiger partial charge in [0.15, 0.2) is 18.2 Å². The SMILES string of the molecule is O=C(/C=C/c1ccccc1)NCCC(=O)OCC(=O)Nc1ccc(F)c(F)c1. The van der Waals surface area contributed by atoms with Crippen LogP contribution >= 0.6 is 0 Å². The molecular formula is C20H18F2N2O4. The molecule has 0 radical (unpaired) electrons. The van der Waals surface area contributed by atoms with Crippen LogP contribution in [0.25, 0.3) is 6.08 Å². The van der Waals surface area contributed by atoms with E-state index >= 15 is 0 Å². The Kier molecular flexibility index (Phi) is 7.83. The van der Waals surface area contributed by atoms with E-state index in [1.165, 1.54) is 12.1 Å². The third-order valence-corrected chi connectivity index (χ3v) is 3.42. The first-order valence-corrected chi connectivity index (χ1v) is 8.35. The number of halogens is 2. The summed E-state index contributed by atoms with van der Waals surface area (Å²) in [4.78, 5) is 34.9. The highest BCUT2D eigenvalue weighted by Gasteiger charge is 2.10. The number of amides is 2. The summed E-state index contributed by atoms with van der Waals surface area (Å²) < 4.78 is 30.6. The van der Waals surface area contributed by atoms with Gasteiger partial charge in [-0.15, -0.1) is 0 Å². The summed E-state index contributed by atoms with van der Waals surface area (Å²) >= 11 is 0. The van der Waals surface area contributed by atoms with Crippen LogP contribution in [0.15, 0.2) is 54.6 Å². The van der Waals surface area contributed by atoms with Gasteiger partial charge in [0.2, 0.25) is 5.91 Å². The number of benzene rings is 2. The first-order chi connectivity index (χ1) is 13.4. The lowest BCUT2D eigenvalue weighted by molar-refractivity contribution is -0.147. The van der Waals surface area contributed by atoms with E-state index in [9.17, 15) is 23.2 Å². The molecule has 2 aromatic carbocycles. The summed E-state index contributed by atoms with van der Waals surface area (Å²) in [5.41, 5.74) is 0.904.